The van der Waals surface area contributed by atoms with Gasteiger partial charge in [-0.05, 0) is 30.2 Å². The first-order valence-electron chi connectivity index (χ1n) is 5.93. The van der Waals surface area contributed by atoms with Gasteiger partial charge in [-0.2, -0.15) is 0 Å². The Morgan fingerprint density at radius 3 is 2.47 bits per heavy atom. The lowest BCUT2D eigenvalue weighted by Crippen LogP contribution is -2.29. The van der Waals surface area contributed by atoms with E-state index in [4.69, 9.17) is 23.2 Å². The maximum absolute atomic E-state index is 10.9. The highest BCUT2D eigenvalue weighted by molar-refractivity contribution is 6.42. The van der Waals surface area contributed by atoms with Crippen molar-refractivity contribution in [2.75, 3.05) is 0 Å². The van der Waals surface area contributed by atoms with Crippen molar-refractivity contribution in [2.45, 2.75) is 39.2 Å². The number of halogens is 2. The average molecular weight is 273 g/mol. The maximum atomic E-state index is 10.9. The molecule has 0 radical (unpaired) electrons. The molecule has 1 N–H and O–H groups in total. The Morgan fingerprint density at radius 2 is 1.94 bits per heavy atom. The van der Waals surface area contributed by atoms with Crippen molar-refractivity contribution in [3.8, 4) is 0 Å². The van der Waals surface area contributed by atoms with Gasteiger partial charge < -0.3 is 5.11 Å². The minimum Gasteiger partial charge on any atom is -0.385 e. The number of aliphatic hydroxyl groups is 1. The van der Waals surface area contributed by atoms with Crippen LogP contribution in [0.15, 0.2) is 18.2 Å². The van der Waals surface area contributed by atoms with E-state index in [1.807, 2.05) is 12.1 Å². The number of hydrogen-bond donors (Lipinski definition) is 1. The van der Waals surface area contributed by atoms with E-state index in [-0.39, 0.29) is 11.3 Å². The summed E-state index contributed by atoms with van der Waals surface area (Å²) in [5, 5.41) is 11.9. The van der Waals surface area contributed by atoms with E-state index in [9.17, 15) is 5.11 Å². The lowest BCUT2D eigenvalue weighted by Gasteiger charge is -2.30. The molecule has 0 amide bonds. The first kappa shape index (κ1) is 13.2. The standard InChI is InChI=1S/C14H18Cl2O/c1-9-7-13(2,3)8-14(9,17)10-5-4-6-11(15)12(10)16/h4-6,9,17H,7-8H2,1-3H3. The van der Waals surface area contributed by atoms with Crippen LogP contribution in [0, 0.1) is 11.3 Å². The molecule has 2 unspecified atom stereocenters. The van der Waals surface area contributed by atoms with Gasteiger partial charge in [-0.25, -0.2) is 0 Å². The van der Waals surface area contributed by atoms with Crippen molar-refractivity contribution in [3.05, 3.63) is 33.8 Å². The van der Waals surface area contributed by atoms with Crippen LogP contribution >= 0.6 is 23.2 Å². The highest BCUT2D eigenvalue weighted by Crippen LogP contribution is 2.54. The van der Waals surface area contributed by atoms with Crippen LogP contribution in [-0.2, 0) is 5.60 Å². The summed E-state index contributed by atoms with van der Waals surface area (Å²) in [6, 6.07) is 5.48. The molecule has 1 aromatic carbocycles. The third-order valence-corrected chi connectivity index (χ3v) is 4.66. The SMILES string of the molecule is CC1CC(C)(C)CC1(O)c1cccc(Cl)c1Cl. The maximum Gasteiger partial charge on any atom is 0.0942 e. The zero-order valence-corrected chi connectivity index (χ0v) is 11.9. The highest BCUT2D eigenvalue weighted by atomic mass is 35.5. The number of hydrogen-bond acceptors (Lipinski definition) is 1. The predicted octanol–water partition coefficient (Wildman–Crippen LogP) is 4.64. The van der Waals surface area contributed by atoms with Crippen molar-refractivity contribution in [2.24, 2.45) is 11.3 Å². The Bertz CT molecular complexity index is 442. The molecule has 0 saturated heterocycles. The Morgan fingerprint density at radius 1 is 1.29 bits per heavy atom. The minimum absolute atomic E-state index is 0.139. The first-order chi connectivity index (χ1) is 7.76. The van der Waals surface area contributed by atoms with Gasteiger partial charge in [0, 0.05) is 5.56 Å². The summed E-state index contributed by atoms with van der Waals surface area (Å²) in [5.41, 5.74) is 0.0513. The van der Waals surface area contributed by atoms with Gasteiger partial charge in [-0.15, -0.1) is 0 Å². The molecule has 94 valence electrons. The van der Waals surface area contributed by atoms with E-state index >= 15 is 0 Å². The molecule has 2 atom stereocenters. The van der Waals surface area contributed by atoms with Crippen molar-refractivity contribution < 1.29 is 5.11 Å². The molecule has 2 rings (SSSR count). The van der Waals surface area contributed by atoms with Crippen LogP contribution in [0.2, 0.25) is 10.0 Å². The molecule has 1 fully saturated rings. The van der Waals surface area contributed by atoms with Gasteiger partial charge >= 0.3 is 0 Å². The fourth-order valence-corrected chi connectivity index (χ4v) is 3.64. The van der Waals surface area contributed by atoms with E-state index in [0.29, 0.717) is 10.0 Å². The Hall–Kier alpha value is -0.240. The zero-order chi connectivity index (χ0) is 12.8. The molecule has 17 heavy (non-hydrogen) atoms. The van der Waals surface area contributed by atoms with Gasteiger partial charge in [0.05, 0.1) is 15.6 Å². The van der Waals surface area contributed by atoms with E-state index in [1.165, 1.54) is 0 Å². The van der Waals surface area contributed by atoms with Gasteiger partial charge in [-0.3, -0.25) is 0 Å². The predicted molar refractivity (Wildman–Crippen MR) is 72.5 cm³/mol. The van der Waals surface area contributed by atoms with Crippen molar-refractivity contribution >= 4 is 23.2 Å². The molecule has 1 aromatic rings. The largest absolute Gasteiger partial charge is 0.385 e. The van der Waals surface area contributed by atoms with Crippen LogP contribution in [0.4, 0.5) is 0 Å². The van der Waals surface area contributed by atoms with Gasteiger partial charge in [-0.1, -0.05) is 56.1 Å². The minimum atomic E-state index is -0.856. The molecule has 0 aromatic heterocycles. The summed E-state index contributed by atoms with van der Waals surface area (Å²) < 4.78 is 0. The van der Waals surface area contributed by atoms with Gasteiger partial charge in [0.15, 0.2) is 0 Å². The zero-order valence-electron chi connectivity index (χ0n) is 10.4. The molecule has 0 aliphatic heterocycles. The molecule has 0 spiro atoms. The fourth-order valence-electron chi connectivity index (χ4n) is 3.17. The van der Waals surface area contributed by atoms with E-state index in [2.05, 4.69) is 20.8 Å². The van der Waals surface area contributed by atoms with Crippen LogP contribution < -0.4 is 0 Å². The smallest absolute Gasteiger partial charge is 0.0942 e. The molecular formula is C14H18Cl2O. The van der Waals surface area contributed by atoms with Gasteiger partial charge in [0.2, 0.25) is 0 Å². The van der Waals surface area contributed by atoms with Crippen LogP contribution in [0.3, 0.4) is 0 Å². The fraction of sp³-hybridized carbons (Fsp3) is 0.571. The Balaban J connectivity index is 2.49. The van der Waals surface area contributed by atoms with Crippen molar-refractivity contribution in [3.63, 3.8) is 0 Å². The third-order valence-electron chi connectivity index (χ3n) is 3.84. The van der Waals surface area contributed by atoms with E-state index in [0.717, 1.165) is 18.4 Å². The summed E-state index contributed by atoms with van der Waals surface area (Å²) in [6.07, 6.45) is 1.72. The summed E-state index contributed by atoms with van der Waals surface area (Å²) in [4.78, 5) is 0. The number of rotatable bonds is 1. The molecule has 0 heterocycles. The summed E-state index contributed by atoms with van der Waals surface area (Å²) >= 11 is 12.3. The summed E-state index contributed by atoms with van der Waals surface area (Å²) in [7, 11) is 0. The van der Waals surface area contributed by atoms with E-state index in [1.54, 1.807) is 6.07 Å². The van der Waals surface area contributed by atoms with E-state index < -0.39 is 5.60 Å². The Labute approximate surface area is 113 Å². The molecule has 1 aliphatic rings. The second kappa shape index (κ2) is 4.15. The third kappa shape index (κ3) is 2.21. The van der Waals surface area contributed by atoms with Crippen molar-refractivity contribution in [1.82, 2.24) is 0 Å². The molecule has 0 bridgehead atoms. The van der Waals surface area contributed by atoms with Gasteiger partial charge in [0.1, 0.15) is 0 Å². The first-order valence-corrected chi connectivity index (χ1v) is 6.69. The van der Waals surface area contributed by atoms with Crippen molar-refractivity contribution in [1.29, 1.82) is 0 Å². The Kier molecular flexibility index (Phi) is 3.22. The summed E-state index contributed by atoms with van der Waals surface area (Å²) in [6.45, 7) is 6.44. The second-order valence-electron chi connectivity index (χ2n) is 5.97. The van der Waals surface area contributed by atoms with Crippen LogP contribution in [0.25, 0.3) is 0 Å². The lowest BCUT2D eigenvalue weighted by atomic mass is 9.83. The topological polar surface area (TPSA) is 20.2 Å². The second-order valence-corrected chi connectivity index (χ2v) is 6.76. The monoisotopic (exact) mass is 272 g/mol. The highest BCUT2D eigenvalue weighted by Gasteiger charge is 2.49. The van der Waals surface area contributed by atoms with Crippen LogP contribution in [0.5, 0.6) is 0 Å². The van der Waals surface area contributed by atoms with Gasteiger partial charge in [0.25, 0.3) is 0 Å². The average Bonchev–Trinajstić information content (AvgIpc) is 2.40. The summed E-state index contributed by atoms with van der Waals surface area (Å²) in [5.74, 6) is 0.188. The molecule has 1 aliphatic carbocycles. The normalized spacial score (nSPS) is 31.8. The molecular weight excluding hydrogens is 255 g/mol. The molecule has 1 saturated carbocycles. The quantitative estimate of drug-likeness (QED) is 0.790. The van der Waals surface area contributed by atoms with Crippen LogP contribution in [0.1, 0.15) is 39.2 Å². The molecule has 3 heteroatoms. The van der Waals surface area contributed by atoms with Crippen LogP contribution in [-0.4, -0.2) is 5.11 Å². The number of benzene rings is 1. The molecule has 1 nitrogen and oxygen atoms in total. The lowest BCUT2D eigenvalue weighted by molar-refractivity contribution is -0.000731.